The van der Waals surface area contributed by atoms with Crippen molar-refractivity contribution in [1.29, 1.82) is 5.26 Å². The Balaban J connectivity index is 1.67. The first-order valence-electron chi connectivity index (χ1n) is 8.94. The van der Waals surface area contributed by atoms with E-state index in [-0.39, 0.29) is 0 Å². The summed E-state index contributed by atoms with van der Waals surface area (Å²) < 4.78 is 1.53. The maximum absolute atomic E-state index is 9.32. The van der Waals surface area contributed by atoms with Crippen LogP contribution in [0.3, 0.4) is 0 Å². The number of rotatable bonds is 4. The van der Waals surface area contributed by atoms with Crippen molar-refractivity contribution >= 4 is 23.1 Å². The zero-order valence-electron chi connectivity index (χ0n) is 15.3. The molecule has 2 aliphatic rings. The van der Waals surface area contributed by atoms with Gasteiger partial charge < -0.3 is 10.6 Å². The lowest BCUT2D eigenvalue weighted by Gasteiger charge is -2.10. The number of nitrogens with one attached hydrogen (secondary N) is 2. The maximum atomic E-state index is 9.32. The second kappa shape index (κ2) is 7.07. The highest BCUT2D eigenvalue weighted by Gasteiger charge is 2.24. The molecule has 0 bridgehead atoms. The molecule has 1 aliphatic heterocycles. The second-order valence-electron chi connectivity index (χ2n) is 6.76. The van der Waals surface area contributed by atoms with E-state index in [0.29, 0.717) is 35.7 Å². The van der Waals surface area contributed by atoms with Gasteiger partial charge in [0.05, 0.1) is 12.7 Å². The molecule has 2 aromatic rings. The molecule has 9 heteroatoms. The molecule has 3 heterocycles. The van der Waals surface area contributed by atoms with Crippen LogP contribution in [0.1, 0.15) is 31.9 Å². The Hall–Kier alpha value is -3.41. The quantitative estimate of drug-likeness (QED) is 0.857. The van der Waals surface area contributed by atoms with E-state index in [0.717, 1.165) is 30.7 Å². The Morgan fingerprint density at radius 2 is 2.19 bits per heavy atom. The molecule has 2 N–H and O–H groups in total. The summed E-state index contributed by atoms with van der Waals surface area (Å²) >= 11 is 0. The Kier molecular flexibility index (Phi) is 4.46. The van der Waals surface area contributed by atoms with Gasteiger partial charge in [0.1, 0.15) is 6.07 Å². The maximum Gasteiger partial charge on any atom is 0.247 e. The zero-order valence-corrected chi connectivity index (χ0v) is 15.3. The summed E-state index contributed by atoms with van der Waals surface area (Å²) in [5.74, 6) is 1.06. The lowest BCUT2D eigenvalue weighted by atomic mass is 10.2. The molecular formula is C18H21N9. The van der Waals surface area contributed by atoms with Crippen LogP contribution < -0.4 is 10.6 Å². The highest BCUT2D eigenvalue weighted by Crippen LogP contribution is 2.26. The van der Waals surface area contributed by atoms with E-state index < -0.39 is 0 Å². The predicted molar refractivity (Wildman–Crippen MR) is 103 cm³/mol. The standard InChI is InChI=1S/C18H21N9/c1-12-5-6-13(4-3-9-26(2)24-12)22-18-23-16(21-14-7-8-14)17-20-11-15(10-19)27(17)25-18/h3-4,6,11,14H,5,7-9H2,1-2H3,(H2,21,22,23,25)/b4-3-,13-6+,24-12-. The predicted octanol–water partition coefficient (Wildman–Crippen LogP) is 2.13. The van der Waals surface area contributed by atoms with Gasteiger partial charge in [0.2, 0.25) is 5.95 Å². The minimum atomic E-state index is 0.373. The average molecular weight is 363 g/mol. The molecule has 27 heavy (non-hydrogen) atoms. The molecule has 0 atom stereocenters. The monoisotopic (exact) mass is 363 g/mol. The molecule has 0 saturated heterocycles. The van der Waals surface area contributed by atoms with E-state index in [2.05, 4.69) is 42.9 Å². The van der Waals surface area contributed by atoms with Crippen LogP contribution in [0.25, 0.3) is 5.65 Å². The lowest BCUT2D eigenvalue weighted by molar-refractivity contribution is 0.394. The molecule has 1 aliphatic carbocycles. The van der Waals surface area contributed by atoms with Gasteiger partial charge in [-0.05, 0) is 25.8 Å². The third kappa shape index (κ3) is 3.89. The van der Waals surface area contributed by atoms with Crippen LogP contribution in [0.15, 0.2) is 35.2 Å². The smallest absolute Gasteiger partial charge is 0.247 e. The molecule has 1 saturated carbocycles. The summed E-state index contributed by atoms with van der Waals surface area (Å²) in [6.07, 6.45) is 10.5. The normalized spacial score (nSPS) is 22.5. The topological polar surface area (TPSA) is 107 Å². The largest absolute Gasteiger partial charge is 0.364 e. The fraction of sp³-hybridized carbons (Fsp3) is 0.389. The number of likely N-dealkylation sites (N-methyl/N-ethyl adjacent to an activating group) is 1. The fourth-order valence-electron chi connectivity index (χ4n) is 2.78. The second-order valence-corrected chi connectivity index (χ2v) is 6.76. The minimum Gasteiger partial charge on any atom is -0.364 e. The van der Waals surface area contributed by atoms with E-state index in [1.165, 1.54) is 10.7 Å². The number of hydrazone groups is 1. The summed E-state index contributed by atoms with van der Waals surface area (Å²) in [6.45, 7) is 2.71. The molecule has 0 unspecified atom stereocenters. The number of nitriles is 1. The Bertz CT molecular complexity index is 988. The molecule has 138 valence electrons. The summed E-state index contributed by atoms with van der Waals surface area (Å²) in [5.41, 5.74) is 2.84. The highest BCUT2D eigenvalue weighted by molar-refractivity contribution is 5.83. The van der Waals surface area contributed by atoms with Gasteiger partial charge in [-0.15, -0.1) is 5.10 Å². The van der Waals surface area contributed by atoms with Gasteiger partial charge in [0.25, 0.3) is 0 Å². The fourth-order valence-corrected chi connectivity index (χ4v) is 2.78. The number of hydrogen-bond donors (Lipinski definition) is 2. The number of anilines is 2. The van der Waals surface area contributed by atoms with Gasteiger partial charge in [-0.3, -0.25) is 5.01 Å². The molecule has 4 rings (SSSR count). The van der Waals surface area contributed by atoms with E-state index in [1.54, 1.807) is 0 Å². The summed E-state index contributed by atoms with van der Waals surface area (Å²) in [4.78, 5) is 8.88. The third-order valence-corrected chi connectivity index (χ3v) is 4.28. The Morgan fingerprint density at radius 3 is 2.96 bits per heavy atom. The average Bonchev–Trinajstić information content (AvgIpc) is 3.34. The van der Waals surface area contributed by atoms with Gasteiger partial charge in [0, 0.05) is 30.9 Å². The van der Waals surface area contributed by atoms with E-state index in [9.17, 15) is 5.26 Å². The summed E-state index contributed by atoms with van der Waals surface area (Å²) in [7, 11) is 1.95. The molecule has 0 radical (unpaired) electrons. The van der Waals surface area contributed by atoms with Crippen LogP contribution in [-0.2, 0) is 0 Å². The van der Waals surface area contributed by atoms with Gasteiger partial charge >= 0.3 is 0 Å². The number of nitrogens with zero attached hydrogens (tertiary/aromatic N) is 7. The SMILES string of the molecule is C/C1=N/N(C)C/C=C\C(Nc2nc(NC3CC3)c3ncc(C#N)n3n2)=C/C1. The van der Waals surface area contributed by atoms with Crippen LogP contribution in [0.5, 0.6) is 0 Å². The van der Waals surface area contributed by atoms with Gasteiger partial charge in [-0.1, -0.05) is 12.2 Å². The molecule has 9 nitrogen and oxygen atoms in total. The Labute approximate surface area is 157 Å². The lowest BCUT2D eigenvalue weighted by Crippen LogP contribution is -2.12. The van der Waals surface area contributed by atoms with Crippen molar-refractivity contribution in [2.24, 2.45) is 5.10 Å². The molecular weight excluding hydrogens is 342 g/mol. The number of hydrogen-bond acceptors (Lipinski definition) is 8. The van der Waals surface area contributed by atoms with Gasteiger partial charge in [-0.25, -0.2) is 4.98 Å². The van der Waals surface area contributed by atoms with Crippen LogP contribution in [0, 0.1) is 11.3 Å². The number of fused-ring (bicyclic) bond motifs is 1. The molecule has 0 spiro atoms. The van der Waals surface area contributed by atoms with Crippen molar-refractivity contribution in [2.75, 3.05) is 24.2 Å². The van der Waals surface area contributed by atoms with Gasteiger partial charge in [-0.2, -0.15) is 19.9 Å². The number of aromatic nitrogens is 4. The van der Waals surface area contributed by atoms with E-state index >= 15 is 0 Å². The highest BCUT2D eigenvalue weighted by atomic mass is 15.4. The van der Waals surface area contributed by atoms with Crippen molar-refractivity contribution in [3.8, 4) is 6.07 Å². The van der Waals surface area contributed by atoms with Crippen molar-refractivity contribution in [1.82, 2.24) is 24.6 Å². The van der Waals surface area contributed by atoms with E-state index in [4.69, 9.17) is 0 Å². The van der Waals surface area contributed by atoms with Crippen LogP contribution >= 0.6 is 0 Å². The first-order valence-corrected chi connectivity index (χ1v) is 8.94. The number of allylic oxidation sites excluding steroid dienone is 2. The molecule has 2 aromatic heterocycles. The Morgan fingerprint density at radius 1 is 1.33 bits per heavy atom. The molecule has 0 aromatic carbocycles. The van der Waals surface area contributed by atoms with Crippen molar-refractivity contribution in [3.05, 3.63) is 35.8 Å². The molecule has 1 fully saturated rings. The zero-order chi connectivity index (χ0) is 18.8. The van der Waals surface area contributed by atoms with Gasteiger partial charge in [0.15, 0.2) is 17.2 Å². The van der Waals surface area contributed by atoms with Crippen molar-refractivity contribution in [3.63, 3.8) is 0 Å². The molecule has 0 amide bonds. The van der Waals surface area contributed by atoms with Crippen LogP contribution in [0.2, 0.25) is 0 Å². The van der Waals surface area contributed by atoms with Crippen molar-refractivity contribution < 1.29 is 0 Å². The van der Waals surface area contributed by atoms with E-state index in [1.807, 2.05) is 31.1 Å². The van der Waals surface area contributed by atoms with Crippen LogP contribution in [0.4, 0.5) is 11.8 Å². The summed E-state index contributed by atoms with van der Waals surface area (Å²) in [6, 6.07) is 2.53. The minimum absolute atomic E-state index is 0.373. The first-order chi connectivity index (χ1) is 13.1. The first kappa shape index (κ1) is 17.0. The summed E-state index contributed by atoms with van der Waals surface area (Å²) in [5, 5.41) is 26.8. The number of imidazole rings is 1. The van der Waals surface area contributed by atoms with Crippen molar-refractivity contribution in [2.45, 2.75) is 32.2 Å². The third-order valence-electron chi connectivity index (χ3n) is 4.28. The van der Waals surface area contributed by atoms with Crippen LogP contribution in [-0.4, -0.2) is 49.9 Å².